The predicted molar refractivity (Wildman–Crippen MR) is 67.5 cm³/mol. The minimum Gasteiger partial charge on any atom is -0.497 e. The van der Waals surface area contributed by atoms with Crippen molar-refractivity contribution in [2.24, 2.45) is 0 Å². The molecule has 0 aliphatic carbocycles. The molecular weight excluding hydrogens is 224 g/mol. The fraction of sp³-hybridized carbons (Fsp3) is 0.500. The van der Waals surface area contributed by atoms with Gasteiger partial charge in [0.25, 0.3) is 0 Å². The van der Waals surface area contributed by atoms with Crippen LogP contribution in [0.5, 0.6) is 11.5 Å². The smallest absolute Gasteiger partial charge is 0.128 e. The molecule has 4 heteroatoms. The summed E-state index contributed by atoms with van der Waals surface area (Å²) >= 11 is 1.73. The van der Waals surface area contributed by atoms with Gasteiger partial charge in [0.1, 0.15) is 11.5 Å². The average molecular weight is 242 g/mol. The second-order valence-electron chi connectivity index (χ2n) is 3.42. The molecule has 1 rings (SSSR count). The van der Waals surface area contributed by atoms with Crippen LogP contribution in [0.1, 0.15) is 18.6 Å². The SMILES string of the molecule is COc1ccc([C@@H](C)O)c(OCCSC)c1. The van der Waals surface area contributed by atoms with Crippen molar-refractivity contribution < 1.29 is 14.6 Å². The Morgan fingerprint density at radius 3 is 2.75 bits per heavy atom. The summed E-state index contributed by atoms with van der Waals surface area (Å²) in [5, 5.41) is 9.60. The van der Waals surface area contributed by atoms with E-state index in [1.165, 1.54) is 0 Å². The van der Waals surface area contributed by atoms with Crippen LogP contribution in [-0.2, 0) is 0 Å². The van der Waals surface area contributed by atoms with Crippen molar-refractivity contribution in [1.29, 1.82) is 0 Å². The standard InChI is InChI=1S/C12H18O3S/c1-9(13)11-5-4-10(14-2)8-12(11)15-6-7-16-3/h4-5,8-9,13H,6-7H2,1-3H3/t9-/m1/s1. The van der Waals surface area contributed by atoms with Crippen molar-refractivity contribution in [3.05, 3.63) is 23.8 Å². The molecule has 1 N–H and O–H groups in total. The van der Waals surface area contributed by atoms with E-state index in [9.17, 15) is 5.11 Å². The Balaban J connectivity index is 2.83. The van der Waals surface area contributed by atoms with Crippen LogP contribution < -0.4 is 9.47 Å². The predicted octanol–water partition coefficient (Wildman–Crippen LogP) is 2.49. The van der Waals surface area contributed by atoms with Crippen molar-refractivity contribution >= 4 is 11.8 Å². The monoisotopic (exact) mass is 242 g/mol. The molecule has 90 valence electrons. The number of aliphatic hydroxyl groups is 1. The van der Waals surface area contributed by atoms with Crippen LogP contribution in [0.3, 0.4) is 0 Å². The van der Waals surface area contributed by atoms with Gasteiger partial charge in [0.05, 0.1) is 19.8 Å². The Kier molecular flexibility index (Phi) is 5.49. The largest absolute Gasteiger partial charge is 0.497 e. The maximum Gasteiger partial charge on any atom is 0.128 e. The molecule has 0 heterocycles. The molecule has 0 saturated carbocycles. The molecule has 0 unspecified atom stereocenters. The van der Waals surface area contributed by atoms with E-state index in [1.807, 2.05) is 24.5 Å². The average Bonchev–Trinajstić information content (AvgIpc) is 2.29. The molecule has 0 spiro atoms. The molecule has 0 saturated heterocycles. The van der Waals surface area contributed by atoms with E-state index in [0.717, 1.165) is 17.1 Å². The molecule has 16 heavy (non-hydrogen) atoms. The second-order valence-corrected chi connectivity index (χ2v) is 4.41. The van der Waals surface area contributed by atoms with E-state index in [4.69, 9.17) is 9.47 Å². The summed E-state index contributed by atoms with van der Waals surface area (Å²) in [6.45, 7) is 2.36. The van der Waals surface area contributed by atoms with E-state index >= 15 is 0 Å². The molecule has 1 aromatic carbocycles. The number of hydrogen-bond acceptors (Lipinski definition) is 4. The Hall–Kier alpha value is -0.870. The van der Waals surface area contributed by atoms with Gasteiger partial charge in [-0.1, -0.05) is 0 Å². The summed E-state index contributed by atoms with van der Waals surface area (Å²) in [6, 6.07) is 5.46. The molecule has 0 aliphatic rings. The van der Waals surface area contributed by atoms with E-state index < -0.39 is 6.10 Å². The number of thioether (sulfide) groups is 1. The first-order valence-electron chi connectivity index (χ1n) is 5.16. The Morgan fingerprint density at radius 2 is 2.19 bits per heavy atom. The summed E-state index contributed by atoms with van der Waals surface area (Å²) < 4.78 is 10.7. The van der Waals surface area contributed by atoms with E-state index in [2.05, 4.69) is 0 Å². The zero-order valence-electron chi connectivity index (χ0n) is 9.90. The van der Waals surface area contributed by atoms with Gasteiger partial charge in [-0.3, -0.25) is 0 Å². The minimum absolute atomic E-state index is 0.532. The normalized spacial score (nSPS) is 12.2. The molecular formula is C12H18O3S. The lowest BCUT2D eigenvalue weighted by Crippen LogP contribution is -2.04. The van der Waals surface area contributed by atoms with Crippen molar-refractivity contribution in [1.82, 2.24) is 0 Å². The molecule has 0 bridgehead atoms. The van der Waals surface area contributed by atoms with Crippen molar-refractivity contribution in [2.75, 3.05) is 25.7 Å². The molecule has 0 aliphatic heterocycles. The number of ether oxygens (including phenoxy) is 2. The van der Waals surface area contributed by atoms with Crippen molar-refractivity contribution in [3.63, 3.8) is 0 Å². The highest BCUT2D eigenvalue weighted by atomic mass is 32.2. The lowest BCUT2D eigenvalue weighted by molar-refractivity contribution is 0.192. The fourth-order valence-electron chi connectivity index (χ4n) is 1.35. The number of methoxy groups -OCH3 is 1. The third kappa shape index (κ3) is 3.61. The summed E-state index contributed by atoms with van der Waals surface area (Å²) in [6.07, 6.45) is 1.50. The van der Waals surface area contributed by atoms with Crippen LogP contribution in [0.25, 0.3) is 0 Å². The Labute approximate surface area is 101 Å². The lowest BCUT2D eigenvalue weighted by Gasteiger charge is -2.14. The number of aliphatic hydroxyl groups excluding tert-OH is 1. The maximum atomic E-state index is 9.60. The highest BCUT2D eigenvalue weighted by Crippen LogP contribution is 2.29. The van der Waals surface area contributed by atoms with Gasteiger partial charge in [0.15, 0.2) is 0 Å². The van der Waals surface area contributed by atoms with Gasteiger partial charge >= 0.3 is 0 Å². The molecule has 0 radical (unpaired) electrons. The van der Waals surface area contributed by atoms with E-state index in [0.29, 0.717) is 12.4 Å². The molecule has 1 atom stereocenters. The first kappa shape index (κ1) is 13.2. The quantitative estimate of drug-likeness (QED) is 0.778. The molecule has 0 aromatic heterocycles. The Morgan fingerprint density at radius 1 is 1.44 bits per heavy atom. The fourth-order valence-corrected chi connectivity index (χ4v) is 1.60. The summed E-state index contributed by atoms with van der Waals surface area (Å²) in [4.78, 5) is 0. The van der Waals surface area contributed by atoms with Crippen LogP contribution in [0.4, 0.5) is 0 Å². The zero-order valence-corrected chi connectivity index (χ0v) is 10.7. The van der Waals surface area contributed by atoms with Gasteiger partial charge in [-0.25, -0.2) is 0 Å². The van der Waals surface area contributed by atoms with Crippen LogP contribution >= 0.6 is 11.8 Å². The molecule has 0 amide bonds. The van der Waals surface area contributed by atoms with E-state index in [1.54, 1.807) is 25.8 Å². The zero-order chi connectivity index (χ0) is 12.0. The first-order chi connectivity index (χ1) is 7.69. The lowest BCUT2D eigenvalue weighted by atomic mass is 10.1. The van der Waals surface area contributed by atoms with Gasteiger partial charge in [-0.15, -0.1) is 0 Å². The topological polar surface area (TPSA) is 38.7 Å². The highest BCUT2D eigenvalue weighted by molar-refractivity contribution is 7.98. The summed E-state index contributed by atoms with van der Waals surface area (Å²) in [5.74, 6) is 2.36. The third-order valence-corrected chi connectivity index (χ3v) is 2.79. The molecule has 3 nitrogen and oxygen atoms in total. The Bertz CT molecular complexity index is 326. The van der Waals surface area contributed by atoms with Gasteiger partial charge < -0.3 is 14.6 Å². The second kappa shape index (κ2) is 6.66. The van der Waals surface area contributed by atoms with Crippen LogP contribution in [0.15, 0.2) is 18.2 Å². The van der Waals surface area contributed by atoms with Crippen LogP contribution in [0.2, 0.25) is 0 Å². The van der Waals surface area contributed by atoms with E-state index in [-0.39, 0.29) is 0 Å². The van der Waals surface area contributed by atoms with Crippen LogP contribution in [0, 0.1) is 0 Å². The number of rotatable bonds is 6. The molecule has 0 fully saturated rings. The number of benzene rings is 1. The summed E-state index contributed by atoms with van der Waals surface area (Å²) in [5.41, 5.74) is 0.793. The van der Waals surface area contributed by atoms with Crippen molar-refractivity contribution in [3.8, 4) is 11.5 Å². The first-order valence-corrected chi connectivity index (χ1v) is 6.56. The highest BCUT2D eigenvalue weighted by Gasteiger charge is 2.10. The van der Waals surface area contributed by atoms with Gasteiger partial charge in [-0.2, -0.15) is 11.8 Å². The minimum atomic E-state index is -0.532. The van der Waals surface area contributed by atoms with Crippen molar-refractivity contribution in [2.45, 2.75) is 13.0 Å². The maximum absolute atomic E-state index is 9.60. The summed E-state index contributed by atoms with van der Waals surface area (Å²) in [7, 11) is 1.61. The van der Waals surface area contributed by atoms with Gasteiger partial charge in [-0.05, 0) is 25.3 Å². The number of hydrogen-bond donors (Lipinski definition) is 1. The van der Waals surface area contributed by atoms with Gasteiger partial charge in [0, 0.05) is 17.4 Å². The van der Waals surface area contributed by atoms with Gasteiger partial charge in [0.2, 0.25) is 0 Å². The van der Waals surface area contributed by atoms with Crippen LogP contribution in [-0.4, -0.2) is 30.8 Å². The molecule has 1 aromatic rings. The third-order valence-electron chi connectivity index (χ3n) is 2.22.